The second kappa shape index (κ2) is 7.42. The average molecular weight is 398 g/mol. The van der Waals surface area contributed by atoms with E-state index in [-0.39, 0.29) is 5.56 Å². The third-order valence-corrected chi connectivity index (χ3v) is 5.29. The first kappa shape index (κ1) is 17.6. The van der Waals surface area contributed by atoms with Crippen molar-refractivity contribution in [2.24, 2.45) is 0 Å². The minimum atomic E-state index is -0.144. The number of aromatic amines is 1. The van der Waals surface area contributed by atoms with Crippen LogP contribution in [-0.4, -0.2) is 17.1 Å². The van der Waals surface area contributed by atoms with Gasteiger partial charge in [-0.3, -0.25) is 4.79 Å². The lowest BCUT2D eigenvalue weighted by atomic mass is 10.1. The Kier molecular flexibility index (Phi) is 4.83. The van der Waals surface area contributed by atoms with Crippen LogP contribution in [-0.2, 0) is 6.54 Å². The van der Waals surface area contributed by atoms with Gasteiger partial charge in [-0.2, -0.15) is 0 Å². The number of anilines is 1. The second-order valence-electron chi connectivity index (χ2n) is 5.93. The molecule has 0 atom stereocenters. The van der Waals surface area contributed by atoms with Crippen LogP contribution in [0.15, 0.2) is 58.7 Å². The van der Waals surface area contributed by atoms with Crippen molar-refractivity contribution in [2.75, 3.05) is 12.4 Å². The topological polar surface area (TPSA) is 67.0 Å². The smallest absolute Gasteiger partial charge is 0.260 e. The summed E-state index contributed by atoms with van der Waals surface area (Å²) in [7, 11) is 1.63. The minimum Gasteiger partial charge on any atom is -0.497 e. The Labute approximate surface area is 164 Å². The summed E-state index contributed by atoms with van der Waals surface area (Å²) in [6.07, 6.45) is 0. The molecular formula is C20H16ClN3O2S. The summed E-state index contributed by atoms with van der Waals surface area (Å²) in [5.41, 5.74) is 2.56. The number of fused-ring (bicyclic) bond motifs is 1. The van der Waals surface area contributed by atoms with Crippen LogP contribution in [0.4, 0.5) is 5.69 Å². The molecule has 0 unspecified atom stereocenters. The molecule has 7 heteroatoms. The molecule has 0 saturated heterocycles. The van der Waals surface area contributed by atoms with Crippen molar-refractivity contribution >= 4 is 38.8 Å². The van der Waals surface area contributed by atoms with E-state index in [4.69, 9.17) is 16.3 Å². The van der Waals surface area contributed by atoms with Crippen molar-refractivity contribution in [1.82, 2.24) is 9.97 Å². The predicted octanol–water partition coefficient (Wildman–Crippen LogP) is 4.93. The molecule has 0 aliphatic carbocycles. The number of ether oxygens (including phenoxy) is 1. The fourth-order valence-electron chi connectivity index (χ4n) is 2.84. The van der Waals surface area contributed by atoms with Crippen LogP contribution in [0.1, 0.15) is 5.82 Å². The maximum Gasteiger partial charge on any atom is 0.260 e. The highest BCUT2D eigenvalue weighted by atomic mass is 35.5. The molecule has 2 N–H and O–H groups in total. The largest absolute Gasteiger partial charge is 0.497 e. The molecular weight excluding hydrogens is 382 g/mol. The Morgan fingerprint density at radius 2 is 2.04 bits per heavy atom. The molecule has 2 aromatic carbocycles. The highest BCUT2D eigenvalue weighted by Crippen LogP contribution is 2.31. The Morgan fingerprint density at radius 1 is 1.22 bits per heavy atom. The summed E-state index contributed by atoms with van der Waals surface area (Å²) >= 11 is 7.45. The summed E-state index contributed by atoms with van der Waals surface area (Å²) < 4.78 is 5.19. The van der Waals surface area contributed by atoms with Gasteiger partial charge in [-0.05, 0) is 35.9 Å². The Balaban J connectivity index is 1.64. The van der Waals surface area contributed by atoms with Crippen molar-refractivity contribution < 1.29 is 4.74 Å². The van der Waals surface area contributed by atoms with Crippen LogP contribution >= 0.6 is 22.9 Å². The van der Waals surface area contributed by atoms with E-state index in [1.165, 1.54) is 11.3 Å². The standard InChI is InChI=1S/C20H16ClN3O2S/c1-26-15-7-5-12(6-8-15)16-11-27-20-18(16)19(25)23-17(24-20)10-22-14-4-2-3-13(21)9-14/h2-9,11,22H,10H2,1H3,(H,23,24,25). The van der Waals surface area contributed by atoms with Gasteiger partial charge < -0.3 is 15.0 Å². The van der Waals surface area contributed by atoms with Gasteiger partial charge in [0.1, 0.15) is 16.4 Å². The average Bonchev–Trinajstić information content (AvgIpc) is 3.11. The lowest BCUT2D eigenvalue weighted by Gasteiger charge is -2.06. The minimum absolute atomic E-state index is 0.144. The van der Waals surface area contributed by atoms with Crippen molar-refractivity contribution in [1.29, 1.82) is 0 Å². The molecule has 2 aromatic heterocycles. The number of aromatic nitrogens is 2. The SMILES string of the molecule is COc1ccc(-c2csc3nc(CNc4cccc(Cl)c4)[nH]c(=O)c23)cc1. The van der Waals surface area contributed by atoms with E-state index >= 15 is 0 Å². The summed E-state index contributed by atoms with van der Waals surface area (Å²) in [5.74, 6) is 1.36. The highest BCUT2D eigenvalue weighted by Gasteiger charge is 2.13. The number of nitrogens with zero attached hydrogens (tertiary/aromatic N) is 1. The first-order chi connectivity index (χ1) is 13.1. The van der Waals surface area contributed by atoms with Gasteiger partial charge >= 0.3 is 0 Å². The lowest BCUT2D eigenvalue weighted by Crippen LogP contribution is -2.14. The zero-order chi connectivity index (χ0) is 18.8. The molecule has 4 aromatic rings. The number of H-pyrrole nitrogens is 1. The zero-order valence-electron chi connectivity index (χ0n) is 14.5. The van der Waals surface area contributed by atoms with Gasteiger partial charge in [0.2, 0.25) is 0 Å². The number of halogens is 1. The quantitative estimate of drug-likeness (QED) is 0.501. The molecule has 0 spiro atoms. The van der Waals surface area contributed by atoms with Crippen LogP contribution in [0, 0.1) is 0 Å². The van der Waals surface area contributed by atoms with Crippen LogP contribution < -0.4 is 15.6 Å². The molecule has 0 bridgehead atoms. The Morgan fingerprint density at radius 3 is 2.78 bits per heavy atom. The molecule has 0 amide bonds. The van der Waals surface area contributed by atoms with E-state index in [1.807, 2.05) is 53.9 Å². The van der Waals surface area contributed by atoms with E-state index in [9.17, 15) is 4.79 Å². The van der Waals surface area contributed by atoms with E-state index in [0.29, 0.717) is 27.6 Å². The van der Waals surface area contributed by atoms with Crippen molar-refractivity contribution in [3.05, 3.63) is 75.1 Å². The van der Waals surface area contributed by atoms with Crippen molar-refractivity contribution in [3.8, 4) is 16.9 Å². The number of methoxy groups -OCH3 is 1. The first-order valence-electron chi connectivity index (χ1n) is 8.28. The Bertz CT molecular complexity index is 1150. The number of nitrogens with one attached hydrogen (secondary N) is 2. The molecule has 4 rings (SSSR count). The van der Waals surface area contributed by atoms with Crippen LogP contribution in [0.5, 0.6) is 5.75 Å². The van der Waals surface area contributed by atoms with E-state index in [1.54, 1.807) is 7.11 Å². The van der Waals surface area contributed by atoms with E-state index in [2.05, 4.69) is 15.3 Å². The summed E-state index contributed by atoms with van der Waals surface area (Å²) in [5, 5.41) is 6.44. The Hall–Kier alpha value is -2.83. The van der Waals surface area contributed by atoms with Gasteiger partial charge in [0.05, 0.1) is 19.0 Å². The zero-order valence-corrected chi connectivity index (χ0v) is 16.0. The predicted molar refractivity (Wildman–Crippen MR) is 111 cm³/mol. The monoisotopic (exact) mass is 397 g/mol. The summed E-state index contributed by atoms with van der Waals surface area (Å²) in [6, 6.07) is 15.0. The molecule has 0 saturated carbocycles. The molecule has 0 fully saturated rings. The summed E-state index contributed by atoms with van der Waals surface area (Å²) in [6.45, 7) is 0.404. The van der Waals surface area contributed by atoms with Crippen molar-refractivity contribution in [3.63, 3.8) is 0 Å². The molecule has 27 heavy (non-hydrogen) atoms. The molecule has 5 nitrogen and oxygen atoms in total. The lowest BCUT2D eigenvalue weighted by molar-refractivity contribution is 0.415. The number of benzene rings is 2. The number of hydrogen-bond acceptors (Lipinski definition) is 5. The third-order valence-electron chi connectivity index (χ3n) is 4.18. The number of thiophene rings is 1. The second-order valence-corrected chi connectivity index (χ2v) is 7.23. The maximum atomic E-state index is 12.7. The maximum absolute atomic E-state index is 12.7. The van der Waals surface area contributed by atoms with Crippen LogP contribution in [0.25, 0.3) is 21.3 Å². The number of hydrogen-bond donors (Lipinski definition) is 2. The van der Waals surface area contributed by atoms with Gasteiger partial charge in [-0.25, -0.2) is 4.98 Å². The van der Waals surface area contributed by atoms with E-state index in [0.717, 1.165) is 22.6 Å². The summed E-state index contributed by atoms with van der Waals surface area (Å²) in [4.78, 5) is 20.9. The molecule has 2 heterocycles. The van der Waals surface area contributed by atoms with Crippen LogP contribution in [0.2, 0.25) is 5.02 Å². The molecule has 0 aliphatic heterocycles. The normalized spacial score (nSPS) is 10.9. The fraction of sp³-hybridized carbons (Fsp3) is 0.100. The number of rotatable bonds is 5. The molecule has 0 radical (unpaired) electrons. The molecule has 136 valence electrons. The van der Waals surface area contributed by atoms with Gasteiger partial charge in [-0.15, -0.1) is 11.3 Å². The van der Waals surface area contributed by atoms with Gasteiger partial charge in [-0.1, -0.05) is 29.8 Å². The fourth-order valence-corrected chi connectivity index (χ4v) is 4.00. The molecule has 0 aliphatic rings. The first-order valence-corrected chi connectivity index (χ1v) is 9.54. The third kappa shape index (κ3) is 3.67. The van der Waals surface area contributed by atoms with Crippen molar-refractivity contribution in [2.45, 2.75) is 6.54 Å². The van der Waals surface area contributed by atoms with E-state index < -0.39 is 0 Å². The van der Waals surface area contributed by atoms with Gasteiger partial charge in [0.15, 0.2) is 0 Å². The van der Waals surface area contributed by atoms with Gasteiger partial charge in [0.25, 0.3) is 5.56 Å². The van der Waals surface area contributed by atoms with Gasteiger partial charge in [0, 0.05) is 21.7 Å². The van der Waals surface area contributed by atoms with Crippen LogP contribution in [0.3, 0.4) is 0 Å². The highest BCUT2D eigenvalue weighted by molar-refractivity contribution is 7.17.